The Kier molecular flexibility index (Phi) is 6.04. The molecule has 2 fully saturated rings. The quantitative estimate of drug-likeness (QED) is 0.262. The fraction of sp³-hybridized carbons (Fsp3) is 0.778. The number of urea groups is 1. The van der Waals surface area contributed by atoms with E-state index in [1.165, 1.54) is 4.90 Å². The number of nitrogens with one attached hydrogen (secondary N) is 1. The number of amides is 3. The number of carbonyl (C=O) groups is 2. The van der Waals surface area contributed by atoms with Gasteiger partial charge < -0.3 is 16.1 Å². The fourth-order valence-corrected chi connectivity index (χ4v) is 2.74. The van der Waals surface area contributed by atoms with Crippen LogP contribution in [0.15, 0.2) is 0 Å². The van der Waals surface area contributed by atoms with Gasteiger partial charge in [-0.2, -0.15) is 13.5 Å². The van der Waals surface area contributed by atoms with Gasteiger partial charge in [-0.25, -0.2) is 10.3 Å². The van der Waals surface area contributed by atoms with Crippen molar-refractivity contribution in [3.8, 4) is 0 Å². The summed E-state index contributed by atoms with van der Waals surface area (Å²) in [6, 6.07) is -2.12. The third-order valence-corrected chi connectivity index (χ3v) is 3.54. The summed E-state index contributed by atoms with van der Waals surface area (Å²) in [7, 11) is -4.80. The maximum Gasteiger partial charge on any atom is 0.418 e. The van der Waals surface area contributed by atoms with E-state index in [1.54, 1.807) is 0 Å². The monoisotopic (exact) mass is 342 g/mol. The maximum absolute atomic E-state index is 12.0. The van der Waals surface area contributed by atoms with Gasteiger partial charge in [0.05, 0.1) is 12.6 Å². The Balaban J connectivity index is 0.00000242. The predicted octanol–water partition coefficient (Wildman–Crippen LogP) is -2.83. The number of nitrogens with zero attached hydrogens (tertiary/aromatic N) is 2. The smallest absolute Gasteiger partial charge is 0.412 e. The first-order chi connectivity index (χ1) is 9.83. The number of piperidine rings is 1. The first kappa shape index (κ1) is 18.5. The highest BCUT2D eigenvalue weighted by Gasteiger charge is 2.49. The number of hydrogen-bond donors (Lipinski definition) is 3. The molecule has 0 spiro atoms. The van der Waals surface area contributed by atoms with Gasteiger partial charge >= 0.3 is 16.4 Å². The van der Waals surface area contributed by atoms with E-state index >= 15 is 0 Å². The molecule has 12 nitrogen and oxygen atoms in total. The van der Waals surface area contributed by atoms with Crippen LogP contribution in [0.4, 0.5) is 4.79 Å². The summed E-state index contributed by atoms with van der Waals surface area (Å²) >= 11 is 0. The zero-order valence-corrected chi connectivity index (χ0v) is 12.3. The van der Waals surface area contributed by atoms with Gasteiger partial charge in [0.15, 0.2) is 0 Å². The van der Waals surface area contributed by atoms with Crippen LogP contribution in [0.25, 0.3) is 0 Å². The first-order valence-corrected chi connectivity index (χ1v) is 7.58. The lowest BCUT2D eigenvalue weighted by Gasteiger charge is -2.28. The van der Waals surface area contributed by atoms with E-state index in [2.05, 4.69) is 9.76 Å². The summed E-state index contributed by atoms with van der Waals surface area (Å²) in [5.41, 5.74) is 7.39. The van der Waals surface area contributed by atoms with E-state index in [0.29, 0.717) is 17.9 Å². The van der Waals surface area contributed by atoms with Gasteiger partial charge in [-0.15, -0.1) is 4.28 Å². The molecular formula is C9H18N4O8S. The zero-order valence-electron chi connectivity index (χ0n) is 11.5. The van der Waals surface area contributed by atoms with E-state index in [-0.39, 0.29) is 25.2 Å². The van der Waals surface area contributed by atoms with E-state index in [9.17, 15) is 18.0 Å². The molecule has 2 saturated heterocycles. The van der Waals surface area contributed by atoms with Crippen molar-refractivity contribution in [1.82, 2.24) is 15.4 Å². The van der Waals surface area contributed by atoms with E-state index in [0.717, 1.165) is 0 Å². The minimum atomic E-state index is -4.80. The minimum Gasteiger partial charge on any atom is -0.412 e. The highest BCUT2D eigenvalue weighted by atomic mass is 32.3. The molecule has 2 bridgehead atoms. The summed E-state index contributed by atoms with van der Waals surface area (Å²) in [4.78, 5) is 29.9. The summed E-state index contributed by atoms with van der Waals surface area (Å²) in [5.74, 6) is -0.524. The van der Waals surface area contributed by atoms with Crippen molar-refractivity contribution in [2.24, 2.45) is 5.73 Å². The SMILES string of the molecule is NCCONC(=O)[C@@H]1CC[C@@H]2CN1C(=O)N2OS(=O)(=O)O.O. The number of carbonyl (C=O) groups excluding carboxylic acids is 2. The number of hydroxylamine groups is 3. The molecule has 2 aliphatic heterocycles. The van der Waals surface area contributed by atoms with E-state index in [4.69, 9.17) is 15.1 Å². The number of fused-ring (bicyclic) bond motifs is 2. The molecule has 128 valence electrons. The maximum atomic E-state index is 12.0. The average Bonchev–Trinajstić information content (AvgIpc) is 2.63. The Labute approximate surface area is 126 Å². The zero-order chi connectivity index (χ0) is 15.6. The molecule has 2 heterocycles. The molecule has 0 saturated carbocycles. The van der Waals surface area contributed by atoms with Crippen LogP contribution in [-0.4, -0.2) is 72.1 Å². The van der Waals surface area contributed by atoms with Crippen molar-refractivity contribution in [1.29, 1.82) is 0 Å². The molecule has 0 aromatic carbocycles. The van der Waals surface area contributed by atoms with Crippen molar-refractivity contribution in [2.45, 2.75) is 24.9 Å². The van der Waals surface area contributed by atoms with Crippen LogP contribution in [0.5, 0.6) is 0 Å². The van der Waals surface area contributed by atoms with Crippen LogP contribution in [0.3, 0.4) is 0 Å². The number of rotatable bonds is 6. The first-order valence-electron chi connectivity index (χ1n) is 6.22. The molecule has 3 amide bonds. The van der Waals surface area contributed by atoms with Gasteiger partial charge in [-0.05, 0) is 12.8 Å². The molecule has 0 aliphatic carbocycles. The third-order valence-electron chi connectivity index (χ3n) is 3.19. The Hall–Kier alpha value is -1.51. The van der Waals surface area contributed by atoms with Crippen LogP contribution >= 0.6 is 0 Å². The number of hydrogen-bond acceptors (Lipinski definition) is 7. The predicted molar refractivity (Wildman–Crippen MR) is 70.1 cm³/mol. The summed E-state index contributed by atoms with van der Waals surface area (Å²) < 4.78 is 34.3. The molecule has 0 aromatic rings. The van der Waals surface area contributed by atoms with Crippen molar-refractivity contribution in [3.05, 3.63) is 0 Å². The molecule has 0 unspecified atom stereocenters. The van der Waals surface area contributed by atoms with Crippen LogP contribution in [0.1, 0.15) is 12.8 Å². The highest BCUT2D eigenvalue weighted by molar-refractivity contribution is 7.80. The largest absolute Gasteiger partial charge is 0.418 e. The van der Waals surface area contributed by atoms with E-state index < -0.39 is 34.4 Å². The lowest BCUT2D eigenvalue weighted by atomic mass is 10.0. The normalized spacial score (nSPS) is 24.2. The molecule has 6 N–H and O–H groups in total. The highest BCUT2D eigenvalue weighted by Crippen LogP contribution is 2.30. The van der Waals surface area contributed by atoms with Gasteiger partial charge in [0, 0.05) is 13.1 Å². The second-order valence-corrected chi connectivity index (χ2v) is 5.62. The van der Waals surface area contributed by atoms with Gasteiger partial charge in [0.25, 0.3) is 5.91 Å². The lowest BCUT2D eigenvalue weighted by Crippen LogP contribution is -2.49. The van der Waals surface area contributed by atoms with Crippen molar-refractivity contribution in [3.63, 3.8) is 0 Å². The van der Waals surface area contributed by atoms with Crippen LogP contribution in [-0.2, 0) is 24.3 Å². The second kappa shape index (κ2) is 7.17. The van der Waals surface area contributed by atoms with Gasteiger partial charge in [-0.3, -0.25) is 14.2 Å². The van der Waals surface area contributed by atoms with Crippen molar-refractivity contribution in [2.75, 3.05) is 19.7 Å². The Bertz CT molecular complexity index is 526. The molecule has 0 aromatic heterocycles. The molecule has 22 heavy (non-hydrogen) atoms. The Morgan fingerprint density at radius 1 is 1.45 bits per heavy atom. The molecular weight excluding hydrogens is 324 g/mol. The topological polar surface area (TPSA) is 183 Å². The Morgan fingerprint density at radius 2 is 2.14 bits per heavy atom. The summed E-state index contributed by atoms with van der Waals surface area (Å²) in [6.45, 7) is 0.488. The van der Waals surface area contributed by atoms with Gasteiger partial charge in [0.1, 0.15) is 6.04 Å². The molecule has 2 rings (SSSR count). The summed E-state index contributed by atoms with van der Waals surface area (Å²) in [5, 5.41) is 0.573. The molecule has 2 aliphatic rings. The lowest BCUT2D eigenvalue weighted by molar-refractivity contribution is -0.138. The van der Waals surface area contributed by atoms with E-state index in [1.807, 2.05) is 0 Å². The van der Waals surface area contributed by atoms with Crippen molar-refractivity contribution < 1.29 is 37.2 Å². The molecule has 13 heteroatoms. The van der Waals surface area contributed by atoms with Crippen LogP contribution in [0.2, 0.25) is 0 Å². The average molecular weight is 342 g/mol. The molecule has 2 atom stereocenters. The van der Waals surface area contributed by atoms with Crippen LogP contribution in [0, 0.1) is 0 Å². The number of nitrogens with two attached hydrogens (primary N) is 1. The van der Waals surface area contributed by atoms with Crippen LogP contribution < -0.4 is 11.2 Å². The van der Waals surface area contributed by atoms with Gasteiger partial charge in [-0.1, -0.05) is 0 Å². The standard InChI is InChI=1S/C9H16N4O7S.H2O/c10-3-4-19-11-8(14)7-2-1-6-5-12(7)9(15)13(6)20-21(16,17)18;/h6-7H,1-5,10H2,(H,11,14)(H,16,17,18);1H2/t6-,7+;/m1./s1. The fourth-order valence-electron chi connectivity index (χ4n) is 2.35. The second-order valence-electron chi connectivity index (χ2n) is 4.61. The van der Waals surface area contributed by atoms with Crippen molar-refractivity contribution >= 4 is 22.3 Å². The minimum absolute atomic E-state index is 0. The Morgan fingerprint density at radius 3 is 2.73 bits per heavy atom. The molecule has 0 radical (unpaired) electrons. The summed E-state index contributed by atoms with van der Waals surface area (Å²) in [6.07, 6.45) is 0.673. The third kappa shape index (κ3) is 4.02. The van der Waals surface area contributed by atoms with Gasteiger partial charge in [0.2, 0.25) is 0 Å².